The zero-order valence-corrected chi connectivity index (χ0v) is 14.9. The van der Waals surface area contributed by atoms with Crippen LogP contribution in [0, 0.1) is 11.6 Å². The molecule has 140 valence electrons. The number of hydrogen-bond donors (Lipinski definition) is 2. The van der Waals surface area contributed by atoms with E-state index in [9.17, 15) is 22.0 Å². The van der Waals surface area contributed by atoms with Crippen molar-refractivity contribution < 1.29 is 26.7 Å². The number of ether oxygens (including phenoxy) is 1. The maximum absolute atomic E-state index is 14.2. The van der Waals surface area contributed by atoms with Gasteiger partial charge in [0.15, 0.2) is 0 Å². The van der Waals surface area contributed by atoms with Crippen LogP contribution in [0.5, 0.6) is 0 Å². The molecular formula is C17H18F2N2O4S. The number of halogens is 2. The first-order valence-corrected chi connectivity index (χ1v) is 9.09. The van der Waals surface area contributed by atoms with Crippen LogP contribution in [0.1, 0.15) is 17.3 Å². The summed E-state index contributed by atoms with van der Waals surface area (Å²) in [5, 5.41) is 2.31. The van der Waals surface area contributed by atoms with Crippen molar-refractivity contribution in [2.24, 2.45) is 0 Å². The lowest BCUT2D eigenvalue weighted by molar-refractivity contribution is 0.102. The third-order valence-electron chi connectivity index (χ3n) is 3.38. The first-order valence-electron chi connectivity index (χ1n) is 7.60. The predicted octanol–water partition coefficient (Wildman–Crippen LogP) is 2.53. The van der Waals surface area contributed by atoms with Gasteiger partial charge in [0.1, 0.15) is 11.6 Å². The molecule has 0 saturated heterocycles. The van der Waals surface area contributed by atoms with Crippen molar-refractivity contribution >= 4 is 21.6 Å². The normalized spacial score (nSPS) is 12.6. The maximum atomic E-state index is 14.2. The second-order valence-corrected chi connectivity index (χ2v) is 7.29. The number of carbonyl (C=O) groups excluding carboxylic acids is 1. The molecule has 9 heteroatoms. The molecule has 0 saturated carbocycles. The standard InChI is InChI=1S/C17H18F2N2O4S/c1-11(10-25-2)21-26(23,24)14-7-8-16(15(19)9-14)20-17(22)12-3-5-13(18)6-4-12/h3-9,11,21H,10H2,1-2H3,(H,20,22). The summed E-state index contributed by atoms with van der Waals surface area (Å²) in [4.78, 5) is 11.8. The smallest absolute Gasteiger partial charge is 0.255 e. The Balaban J connectivity index is 2.16. The van der Waals surface area contributed by atoms with E-state index in [0.717, 1.165) is 24.3 Å². The van der Waals surface area contributed by atoms with E-state index >= 15 is 0 Å². The first kappa shape index (κ1) is 20.0. The van der Waals surface area contributed by atoms with Crippen LogP contribution >= 0.6 is 0 Å². The molecule has 0 aliphatic carbocycles. The van der Waals surface area contributed by atoms with E-state index in [1.54, 1.807) is 6.92 Å². The van der Waals surface area contributed by atoms with Crippen molar-refractivity contribution in [3.63, 3.8) is 0 Å². The van der Waals surface area contributed by atoms with Crippen LogP contribution in [0.15, 0.2) is 47.4 Å². The third kappa shape index (κ3) is 5.07. The predicted molar refractivity (Wildman–Crippen MR) is 92.4 cm³/mol. The van der Waals surface area contributed by atoms with Gasteiger partial charge in [0, 0.05) is 18.7 Å². The van der Waals surface area contributed by atoms with Gasteiger partial charge in [-0.3, -0.25) is 4.79 Å². The summed E-state index contributed by atoms with van der Waals surface area (Å²) in [5.74, 6) is -2.06. The van der Waals surface area contributed by atoms with Crippen molar-refractivity contribution in [1.82, 2.24) is 4.72 Å². The van der Waals surface area contributed by atoms with Crippen LogP contribution in [0.25, 0.3) is 0 Å². The lowest BCUT2D eigenvalue weighted by Gasteiger charge is -2.14. The highest BCUT2D eigenvalue weighted by Crippen LogP contribution is 2.20. The molecule has 1 atom stereocenters. The largest absolute Gasteiger partial charge is 0.383 e. The highest BCUT2D eigenvalue weighted by atomic mass is 32.2. The number of carbonyl (C=O) groups is 1. The van der Waals surface area contributed by atoms with Gasteiger partial charge in [0.05, 0.1) is 17.2 Å². The summed E-state index contributed by atoms with van der Waals surface area (Å²) in [5.41, 5.74) is -0.0548. The fourth-order valence-corrected chi connectivity index (χ4v) is 3.42. The van der Waals surface area contributed by atoms with Crippen LogP contribution in [0.2, 0.25) is 0 Å². The van der Waals surface area contributed by atoms with E-state index in [-0.39, 0.29) is 22.8 Å². The molecule has 2 aromatic rings. The number of nitrogens with one attached hydrogen (secondary N) is 2. The molecule has 0 radical (unpaired) electrons. The van der Waals surface area contributed by atoms with Gasteiger partial charge in [0.25, 0.3) is 5.91 Å². The van der Waals surface area contributed by atoms with E-state index < -0.39 is 33.6 Å². The van der Waals surface area contributed by atoms with Gasteiger partial charge >= 0.3 is 0 Å². The Kier molecular flexibility index (Phi) is 6.41. The second kappa shape index (κ2) is 8.35. The molecular weight excluding hydrogens is 366 g/mol. The van der Waals surface area contributed by atoms with E-state index in [2.05, 4.69) is 10.0 Å². The van der Waals surface area contributed by atoms with E-state index in [1.165, 1.54) is 25.3 Å². The highest BCUT2D eigenvalue weighted by molar-refractivity contribution is 7.89. The number of sulfonamides is 1. The molecule has 0 spiro atoms. The molecule has 2 rings (SSSR count). The third-order valence-corrected chi connectivity index (χ3v) is 4.97. The Hall–Kier alpha value is -2.36. The Labute approximate surface area is 150 Å². The topological polar surface area (TPSA) is 84.5 Å². The van der Waals surface area contributed by atoms with Crippen LogP contribution < -0.4 is 10.0 Å². The molecule has 1 unspecified atom stereocenters. The molecule has 0 aliphatic rings. The minimum absolute atomic E-state index is 0.137. The van der Waals surface area contributed by atoms with Crippen LogP contribution in [-0.4, -0.2) is 34.1 Å². The fourth-order valence-electron chi connectivity index (χ4n) is 2.18. The van der Waals surface area contributed by atoms with E-state index in [0.29, 0.717) is 0 Å². The van der Waals surface area contributed by atoms with Gasteiger partial charge in [0.2, 0.25) is 10.0 Å². The summed E-state index contributed by atoms with van der Waals surface area (Å²) >= 11 is 0. The molecule has 0 heterocycles. The summed E-state index contributed by atoms with van der Waals surface area (Å²) in [6.45, 7) is 1.77. The molecule has 0 aromatic heterocycles. The van der Waals surface area contributed by atoms with E-state index in [1.807, 2.05) is 0 Å². The fraction of sp³-hybridized carbons (Fsp3) is 0.235. The molecule has 2 aromatic carbocycles. The maximum Gasteiger partial charge on any atom is 0.255 e. The summed E-state index contributed by atoms with van der Waals surface area (Å²) in [6, 6.07) is 7.35. The summed E-state index contributed by atoms with van der Waals surface area (Å²) in [7, 11) is -2.50. The van der Waals surface area contributed by atoms with Gasteiger partial charge in [-0.2, -0.15) is 0 Å². The Morgan fingerprint density at radius 1 is 1.15 bits per heavy atom. The van der Waals surface area contributed by atoms with Gasteiger partial charge in [-0.25, -0.2) is 21.9 Å². The van der Waals surface area contributed by atoms with Crippen molar-refractivity contribution in [1.29, 1.82) is 0 Å². The minimum Gasteiger partial charge on any atom is -0.383 e. The monoisotopic (exact) mass is 384 g/mol. The quantitative estimate of drug-likeness (QED) is 0.768. The first-order chi connectivity index (χ1) is 12.2. The van der Waals surface area contributed by atoms with Gasteiger partial charge in [-0.15, -0.1) is 0 Å². The number of methoxy groups -OCH3 is 1. The van der Waals surface area contributed by atoms with Gasteiger partial charge < -0.3 is 10.1 Å². The Morgan fingerprint density at radius 3 is 2.38 bits per heavy atom. The molecule has 0 bridgehead atoms. The van der Waals surface area contributed by atoms with Crippen LogP contribution in [0.3, 0.4) is 0 Å². The number of rotatable bonds is 7. The van der Waals surface area contributed by atoms with Crippen molar-refractivity contribution in [3.8, 4) is 0 Å². The van der Waals surface area contributed by atoms with Crippen molar-refractivity contribution in [3.05, 3.63) is 59.7 Å². The lowest BCUT2D eigenvalue weighted by Crippen LogP contribution is -2.35. The SMILES string of the molecule is COCC(C)NS(=O)(=O)c1ccc(NC(=O)c2ccc(F)cc2)c(F)c1. The average molecular weight is 384 g/mol. The highest BCUT2D eigenvalue weighted by Gasteiger charge is 2.19. The second-order valence-electron chi connectivity index (χ2n) is 5.58. The van der Waals surface area contributed by atoms with Gasteiger partial charge in [-0.1, -0.05) is 0 Å². The average Bonchev–Trinajstić information content (AvgIpc) is 2.56. The summed E-state index contributed by atoms with van der Waals surface area (Å²) < 4.78 is 58.7. The molecule has 26 heavy (non-hydrogen) atoms. The number of hydrogen-bond acceptors (Lipinski definition) is 4. The zero-order chi connectivity index (χ0) is 19.3. The molecule has 0 aliphatic heterocycles. The molecule has 2 N–H and O–H groups in total. The Bertz CT molecular complexity index is 886. The van der Waals surface area contributed by atoms with E-state index in [4.69, 9.17) is 4.74 Å². The van der Waals surface area contributed by atoms with Crippen LogP contribution in [0.4, 0.5) is 14.5 Å². The Morgan fingerprint density at radius 2 is 1.81 bits per heavy atom. The lowest BCUT2D eigenvalue weighted by atomic mass is 10.2. The van der Waals surface area contributed by atoms with Crippen molar-refractivity contribution in [2.75, 3.05) is 19.0 Å². The summed E-state index contributed by atoms with van der Waals surface area (Å²) in [6.07, 6.45) is 0. The number of benzene rings is 2. The van der Waals surface area contributed by atoms with Gasteiger partial charge in [-0.05, 0) is 49.4 Å². The molecule has 1 amide bonds. The minimum atomic E-state index is -3.93. The molecule has 6 nitrogen and oxygen atoms in total. The van der Waals surface area contributed by atoms with Crippen LogP contribution in [-0.2, 0) is 14.8 Å². The van der Waals surface area contributed by atoms with Crippen molar-refractivity contribution in [2.45, 2.75) is 17.9 Å². The number of amides is 1. The number of anilines is 1. The molecule has 0 fully saturated rings. The zero-order valence-electron chi connectivity index (χ0n) is 14.1.